The molecule has 0 bridgehead atoms. The first kappa shape index (κ1) is 11.0. The van der Waals surface area contributed by atoms with Crippen LogP contribution in [0.5, 0.6) is 0 Å². The largest absolute Gasteiger partial charge is 0.395 e. The monoisotopic (exact) mass is 186 g/mol. The standard InChI is InChI=1S/C10H22N2O/c1-9-2-4-10(8-11,5-3-9)12-6-7-13/h9,12-13H,2-8,11H2,1H3. The average molecular weight is 186 g/mol. The Morgan fingerprint density at radius 3 is 2.54 bits per heavy atom. The summed E-state index contributed by atoms with van der Waals surface area (Å²) in [5, 5.41) is 12.1. The summed E-state index contributed by atoms with van der Waals surface area (Å²) in [5.74, 6) is 0.843. The van der Waals surface area contributed by atoms with Gasteiger partial charge in [0.2, 0.25) is 0 Å². The molecular weight excluding hydrogens is 164 g/mol. The Morgan fingerprint density at radius 1 is 1.46 bits per heavy atom. The van der Waals surface area contributed by atoms with Crippen molar-refractivity contribution in [2.24, 2.45) is 11.7 Å². The van der Waals surface area contributed by atoms with E-state index in [4.69, 9.17) is 10.8 Å². The Balaban J connectivity index is 2.40. The highest BCUT2D eigenvalue weighted by molar-refractivity contribution is 4.92. The third-order valence-electron chi connectivity index (χ3n) is 3.23. The Hall–Kier alpha value is -0.120. The first-order valence-electron chi connectivity index (χ1n) is 5.28. The number of hydrogen-bond acceptors (Lipinski definition) is 3. The van der Waals surface area contributed by atoms with E-state index in [2.05, 4.69) is 12.2 Å². The van der Waals surface area contributed by atoms with Crippen LogP contribution < -0.4 is 11.1 Å². The zero-order valence-corrected chi connectivity index (χ0v) is 8.55. The fourth-order valence-electron chi connectivity index (χ4n) is 2.09. The molecule has 1 aliphatic rings. The molecule has 78 valence electrons. The third-order valence-corrected chi connectivity index (χ3v) is 3.23. The number of aliphatic hydroxyl groups excluding tert-OH is 1. The minimum absolute atomic E-state index is 0.120. The molecule has 1 saturated carbocycles. The summed E-state index contributed by atoms with van der Waals surface area (Å²) in [6.45, 7) is 3.87. The molecule has 1 aliphatic carbocycles. The van der Waals surface area contributed by atoms with Crippen molar-refractivity contribution < 1.29 is 5.11 Å². The molecule has 0 unspecified atom stereocenters. The van der Waals surface area contributed by atoms with Crippen molar-refractivity contribution in [3.8, 4) is 0 Å². The van der Waals surface area contributed by atoms with Gasteiger partial charge in [-0.2, -0.15) is 0 Å². The third kappa shape index (κ3) is 2.93. The second-order valence-corrected chi connectivity index (χ2v) is 4.32. The number of nitrogens with two attached hydrogens (primary N) is 1. The van der Waals surface area contributed by atoms with Gasteiger partial charge in [-0.05, 0) is 31.6 Å². The maximum absolute atomic E-state index is 8.76. The van der Waals surface area contributed by atoms with Crippen LogP contribution in [0.25, 0.3) is 0 Å². The first-order chi connectivity index (χ1) is 6.22. The molecule has 0 aromatic heterocycles. The van der Waals surface area contributed by atoms with E-state index in [-0.39, 0.29) is 12.1 Å². The summed E-state index contributed by atoms with van der Waals surface area (Å²) in [4.78, 5) is 0. The fraction of sp³-hybridized carbons (Fsp3) is 1.00. The molecule has 4 N–H and O–H groups in total. The molecule has 0 heterocycles. The van der Waals surface area contributed by atoms with E-state index in [1.54, 1.807) is 0 Å². The van der Waals surface area contributed by atoms with Gasteiger partial charge in [-0.3, -0.25) is 0 Å². The molecule has 0 spiro atoms. The Morgan fingerprint density at radius 2 is 2.08 bits per heavy atom. The second-order valence-electron chi connectivity index (χ2n) is 4.32. The normalized spacial score (nSPS) is 34.8. The molecule has 13 heavy (non-hydrogen) atoms. The maximum Gasteiger partial charge on any atom is 0.0556 e. The average Bonchev–Trinajstić information content (AvgIpc) is 2.18. The van der Waals surface area contributed by atoms with Gasteiger partial charge in [0.05, 0.1) is 6.61 Å². The molecule has 0 atom stereocenters. The van der Waals surface area contributed by atoms with Crippen molar-refractivity contribution in [1.29, 1.82) is 0 Å². The van der Waals surface area contributed by atoms with Gasteiger partial charge in [0.1, 0.15) is 0 Å². The molecule has 0 radical (unpaired) electrons. The van der Waals surface area contributed by atoms with Crippen LogP contribution in [-0.4, -0.2) is 30.3 Å². The summed E-state index contributed by atoms with van der Waals surface area (Å²) >= 11 is 0. The lowest BCUT2D eigenvalue weighted by Crippen LogP contribution is -2.53. The molecule has 0 saturated heterocycles. The van der Waals surface area contributed by atoms with Crippen molar-refractivity contribution >= 4 is 0 Å². The Labute approximate surface area is 80.7 Å². The molecule has 3 heteroatoms. The van der Waals surface area contributed by atoms with Crippen LogP contribution in [0, 0.1) is 5.92 Å². The molecule has 0 aromatic rings. The van der Waals surface area contributed by atoms with Gasteiger partial charge in [-0.1, -0.05) is 6.92 Å². The van der Waals surface area contributed by atoms with E-state index in [0.29, 0.717) is 13.1 Å². The molecule has 0 amide bonds. The van der Waals surface area contributed by atoms with E-state index in [9.17, 15) is 0 Å². The smallest absolute Gasteiger partial charge is 0.0556 e. The highest BCUT2D eigenvalue weighted by Gasteiger charge is 2.31. The van der Waals surface area contributed by atoms with Gasteiger partial charge >= 0.3 is 0 Å². The van der Waals surface area contributed by atoms with Crippen molar-refractivity contribution in [2.45, 2.75) is 38.1 Å². The van der Waals surface area contributed by atoms with Gasteiger partial charge in [-0.15, -0.1) is 0 Å². The van der Waals surface area contributed by atoms with E-state index in [1.807, 2.05) is 0 Å². The second kappa shape index (κ2) is 4.94. The summed E-state index contributed by atoms with van der Waals surface area (Å²) in [6, 6.07) is 0. The molecule has 1 rings (SSSR count). The zero-order chi connectivity index (χ0) is 9.73. The first-order valence-corrected chi connectivity index (χ1v) is 5.28. The van der Waals surface area contributed by atoms with E-state index >= 15 is 0 Å². The lowest BCUT2D eigenvalue weighted by molar-refractivity contribution is 0.184. The minimum Gasteiger partial charge on any atom is -0.395 e. The maximum atomic E-state index is 8.76. The number of rotatable bonds is 4. The predicted octanol–water partition coefficient (Wildman–Crippen LogP) is 0.476. The lowest BCUT2D eigenvalue weighted by atomic mass is 9.77. The highest BCUT2D eigenvalue weighted by atomic mass is 16.3. The fourth-order valence-corrected chi connectivity index (χ4v) is 2.09. The van der Waals surface area contributed by atoms with Gasteiger partial charge in [0.15, 0.2) is 0 Å². The van der Waals surface area contributed by atoms with E-state index in [1.165, 1.54) is 12.8 Å². The van der Waals surface area contributed by atoms with Gasteiger partial charge in [0, 0.05) is 18.6 Å². The number of aliphatic hydroxyl groups is 1. The summed E-state index contributed by atoms with van der Waals surface area (Å²) < 4.78 is 0. The minimum atomic E-state index is 0.120. The van der Waals surface area contributed by atoms with Crippen molar-refractivity contribution in [1.82, 2.24) is 5.32 Å². The molecule has 1 fully saturated rings. The molecule has 3 nitrogen and oxygen atoms in total. The van der Waals surface area contributed by atoms with Crippen LogP contribution in [0.1, 0.15) is 32.6 Å². The van der Waals surface area contributed by atoms with Crippen molar-refractivity contribution in [3.05, 3.63) is 0 Å². The topological polar surface area (TPSA) is 58.3 Å². The highest BCUT2D eigenvalue weighted by Crippen LogP contribution is 2.30. The van der Waals surface area contributed by atoms with Crippen LogP contribution in [-0.2, 0) is 0 Å². The quantitative estimate of drug-likeness (QED) is 0.598. The van der Waals surface area contributed by atoms with E-state index in [0.717, 1.165) is 18.8 Å². The lowest BCUT2D eigenvalue weighted by Gasteiger charge is -2.39. The van der Waals surface area contributed by atoms with E-state index < -0.39 is 0 Å². The SMILES string of the molecule is CC1CCC(CN)(NCCO)CC1. The number of nitrogens with one attached hydrogen (secondary N) is 1. The molecule has 0 aromatic carbocycles. The van der Waals surface area contributed by atoms with Crippen LogP contribution in [0.2, 0.25) is 0 Å². The summed E-state index contributed by atoms with van der Waals surface area (Å²) in [7, 11) is 0. The Kier molecular flexibility index (Phi) is 4.16. The number of β-amino-alcohol motifs (C(OH)–C–C–N with tert-alkyl or cyclic N) is 1. The predicted molar refractivity (Wildman–Crippen MR) is 54.5 cm³/mol. The van der Waals surface area contributed by atoms with Gasteiger partial charge in [0.25, 0.3) is 0 Å². The summed E-state index contributed by atoms with van der Waals surface area (Å²) in [6.07, 6.45) is 4.83. The number of hydrogen-bond donors (Lipinski definition) is 3. The molecular formula is C10H22N2O. The zero-order valence-electron chi connectivity index (χ0n) is 8.55. The van der Waals surface area contributed by atoms with Crippen molar-refractivity contribution in [3.63, 3.8) is 0 Å². The van der Waals surface area contributed by atoms with Gasteiger partial charge < -0.3 is 16.2 Å². The van der Waals surface area contributed by atoms with Crippen molar-refractivity contribution in [2.75, 3.05) is 19.7 Å². The van der Waals surface area contributed by atoms with Gasteiger partial charge in [-0.25, -0.2) is 0 Å². The van der Waals surface area contributed by atoms with Crippen LogP contribution in [0.4, 0.5) is 0 Å². The van der Waals surface area contributed by atoms with Crippen LogP contribution >= 0.6 is 0 Å². The van der Waals surface area contributed by atoms with Crippen LogP contribution in [0.15, 0.2) is 0 Å². The summed E-state index contributed by atoms with van der Waals surface area (Å²) in [5.41, 5.74) is 5.90. The molecule has 0 aliphatic heterocycles. The van der Waals surface area contributed by atoms with Crippen LogP contribution in [0.3, 0.4) is 0 Å². The Bertz CT molecular complexity index is 136.